The first-order valence-corrected chi connectivity index (χ1v) is 6.05. The summed E-state index contributed by atoms with van der Waals surface area (Å²) in [4.78, 5) is 11.3. The van der Waals surface area contributed by atoms with Crippen LogP contribution in [0.15, 0.2) is 47.7 Å². The Balaban J connectivity index is 2.63. The molecule has 0 radical (unpaired) electrons. The molecule has 0 heterocycles. The van der Waals surface area contributed by atoms with E-state index in [0.29, 0.717) is 11.9 Å². The van der Waals surface area contributed by atoms with Crippen molar-refractivity contribution in [3.05, 3.63) is 53.3 Å². The quantitative estimate of drug-likeness (QED) is 0.630. The lowest BCUT2D eigenvalue weighted by molar-refractivity contribution is -0.226. The van der Waals surface area contributed by atoms with Crippen LogP contribution in [-0.4, -0.2) is 42.6 Å². The van der Waals surface area contributed by atoms with Crippen LogP contribution in [0.2, 0.25) is 0 Å². The molecule has 0 bridgehead atoms. The molecule has 0 saturated carbocycles. The van der Waals surface area contributed by atoms with Crippen LogP contribution in [0.4, 0.5) is 0 Å². The van der Waals surface area contributed by atoms with Crippen molar-refractivity contribution in [3.63, 3.8) is 0 Å². The smallest absolute Gasteiger partial charge is 0.256 e. The zero-order valence-electron chi connectivity index (χ0n) is 11.2. The van der Waals surface area contributed by atoms with Gasteiger partial charge in [-0.15, -0.1) is 0 Å². The number of aliphatic hydroxyl groups is 2. The van der Waals surface area contributed by atoms with E-state index in [1.54, 1.807) is 12.1 Å². The molecule has 2 atom stereocenters. The van der Waals surface area contributed by atoms with Crippen molar-refractivity contribution in [2.45, 2.75) is 11.9 Å². The third-order valence-corrected chi connectivity index (χ3v) is 3.35. The highest BCUT2D eigenvalue weighted by atomic mass is 16.7. The second kappa shape index (κ2) is 5.58. The van der Waals surface area contributed by atoms with Gasteiger partial charge in [-0.25, -0.2) is 0 Å². The number of hydrogen-bond acceptors (Lipinski definition) is 5. The van der Waals surface area contributed by atoms with E-state index in [1.165, 1.54) is 20.3 Å². The summed E-state index contributed by atoms with van der Waals surface area (Å²) in [6.45, 7) is 0. The Labute approximate surface area is 116 Å². The molecule has 106 valence electrons. The normalized spacial score (nSPS) is 26.2. The van der Waals surface area contributed by atoms with E-state index in [1.807, 2.05) is 18.2 Å². The first-order chi connectivity index (χ1) is 9.58. The van der Waals surface area contributed by atoms with Gasteiger partial charge in [0.15, 0.2) is 5.76 Å². The van der Waals surface area contributed by atoms with Crippen LogP contribution in [0.1, 0.15) is 5.56 Å². The third kappa shape index (κ3) is 2.16. The summed E-state index contributed by atoms with van der Waals surface area (Å²) in [5, 5.41) is 20.6. The van der Waals surface area contributed by atoms with Crippen LogP contribution >= 0.6 is 0 Å². The van der Waals surface area contributed by atoms with Gasteiger partial charge >= 0.3 is 0 Å². The highest BCUT2D eigenvalue weighted by molar-refractivity contribution is 5.94. The Bertz CT molecular complexity index is 561. The van der Waals surface area contributed by atoms with Gasteiger partial charge in [0.25, 0.3) is 5.79 Å². The van der Waals surface area contributed by atoms with Crippen molar-refractivity contribution in [2.24, 2.45) is 0 Å². The number of carbonyl (C=O) groups is 1. The summed E-state index contributed by atoms with van der Waals surface area (Å²) in [5.74, 6) is -2.03. The van der Waals surface area contributed by atoms with E-state index in [2.05, 4.69) is 0 Å². The number of rotatable bonds is 4. The second-order valence-corrected chi connectivity index (χ2v) is 4.37. The first kappa shape index (κ1) is 14.5. The summed E-state index contributed by atoms with van der Waals surface area (Å²) in [6.07, 6.45) is 0.482. The van der Waals surface area contributed by atoms with Crippen LogP contribution in [-0.2, 0) is 14.3 Å². The van der Waals surface area contributed by atoms with Gasteiger partial charge in [0.2, 0.25) is 0 Å². The van der Waals surface area contributed by atoms with Crippen molar-refractivity contribution in [1.82, 2.24) is 0 Å². The molecular formula is C15H16O5. The average Bonchev–Trinajstić information content (AvgIpc) is 2.50. The fourth-order valence-electron chi connectivity index (χ4n) is 2.22. The molecule has 2 rings (SSSR count). The van der Waals surface area contributed by atoms with Gasteiger partial charge in [-0.3, -0.25) is 4.79 Å². The summed E-state index contributed by atoms with van der Waals surface area (Å²) in [5.41, 5.74) is 1.27. The SMILES string of the molecule is COC1=CC(c2ccccc2)=C(C=O)C(O)C1(O)OC. The van der Waals surface area contributed by atoms with Crippen LogP contribution in [0.3, 0.4) is 0 Å². The number of aldehydes is 1. The molecular weight excluding hydrogens is 260 g/mol. The zero-order valence-corrected chi connectivity index (χ0v) is 11.2. The zero-order chi connectivity index (χ0) is 14.8. The van der Waals surface area contributed by atoms with Gasteiger partial charge in [0.05, 0.1) is 7.11 Å². The van der Waals surface area contributed by atoms with Crippen LogP contribution in [0.5, 0.6) is 0 Å². The number of aliphatic hydroxyl groups excluding tert-OH is 1. The van der Waals surface area contributed by atoms with Gasteiger partial charge < -0.3 is 19.7 Å². The van der Waals surface area contributed by atoms with Crippen molar-refractivity contribution < 1.29 is 24.5 Å². The Morgan fingerprint density at radius 2 is 1.90 bits per heavy atom. The number of ether oxygens (including phenoxy) is 2. The molecule has 2 N–H and O–H groups in total. The molecule has 0 saturated heterocycles. The molecule has 1 aliphatic rings. The molecule has 5 heteroatoms. The van der Waals surface area contributed by atoms with Gasteiger partial charge in [-0.05, 0) is 17.2 Å². The van der Waals surface area contributed by atoms with Crippen molar-refractivity contribution >= 4 is 11.9 Å². The standard InChI is InChI=1S/C15H16O5/c1-19-13-8-11(10-6-4-3-5-7-10)12(9-16)14(17)15(13,18)20-2/h3-9,14,17-18H,1-2H3. The molecule has 0 amide bonds. The lowest BCUT2D eigenvalue weighted by Crippen LogP contribution is -2.49. The topological polar surface area (TPSA) is 76.0 Å². The summed E-state index contributed by atoms with van der Waals surface area (Å²) >= 11 is 0. The minimum absolute atomic E-state index is 0.0388. The monoisotopic (exact) mass is 276 g/mol. The highest BCUT2D eigenvalue weighted by Gasteiger charge is 2.47. The predicted octanol–water partition coefficient (Wildman–Crippen LogP) is 0.879. The maximum atomic E-state index is 11.3. The Morgan fingerprint density at radius 1 is 1.25 bits per heavy atom. The fraction of sp³-hybridized carbons (Fsp3) is 0.267. The highest BCUT2D eigenvalue weighted by Crippen LogP contribution is 2.37. The second-order valence-electron chi connectivity index (χ2n) is 4.37. The third-order valence-electron chi connectivity index (χ3n) is 3.35. The lowest BCUT2D eigenvalue weighted by Gasteiger charge is -2.36. The van der Waals surface area contributed by atoms with E-state index in [0.717, 1.165) is 5.56 Å². The van der Waals surface area contributed by atoms with Crippen LogP contribution in [0.25, 0.3) is 5.57 Å². The maximum absolute atomic E-state index is 11.3. The maximum Gasteiger partial charge on any atom is 0.256 e. The number of carbonyl (C=O) groups excluding carboxylic acids is 1. The molecule has 0 aliphatic heterocycles. The number of hydrogen-bond donors (Lipinski definition) is 2. The van der Waals surface area contributed by atoms with Crippen molar-refractivity contribution in [1.29, 1.82) is 0 Å². The van der Waals surface area contributed by atoms with Crippen molar-refractivity contribution in [3.8, 4) is 0 Å². The largest absolute Gasteiger partial charge is 0.495 e. The summed E-state index contributed by atoms with van der Waals surface area (Å²) < 4.78 is 10.0. The summed E-state index contributed by atoms with van der Waals surface area (Å²) in [7, 11) is 2.59. The average molecular weight is 276 g/mol. The Kier molecular flexibility index (Phi) is 4.04. The van der Waals surface area contributed by atoms with E-state index >= 15 is 0 Å². The van der Waals surface area contributed by atoms with Gasteiger partial charge in [0, 0.05) is 12.7 Å². The van der Waals surface area contributed by atoms with E-state index in [9.17, 15) is 15.0 Å². The first-order valence-electron chi connectivity index (χ1n) is 6.05. The number of allylic oxidation sites excluding steroid dienone is 2. The Hall–Kier alpha value is -1.95. The van der Waals surface area contributed by atoms with Crippen LogP contribution in [0, 0.1) is 0 Å². The van der Waals surface area contributed by atoms with E-state index < -0.39 is 11.9 Å². The molecule has 1 aromatic carbocycles. The molecule has 5 nitrogen and oxygen atoms in total. The molecule has 1 aliphatic carbocycles. The van der Waals surface area contributed by atoms with E-state index in [-0.39, 0.29) is 11.3 Å². The number of methoxy groups -OCH3 is 2. The number of benzene rings is 1. The Morgan fingerprint density at radius 3 is 2.40 bits per heavy atom. The van der Waals surface area contributed by atoms with E-state index in [4.69, 9.17) is 9.47 Å². The predicted molar refractivity (Wildman–Crippen MR) is 72.5 cm³/mol. The molecule has 1 aromatic rings. The molecule has 2 unspecified atom stereocenters. The van der Waals surface area contributed by atoms with Gasteiger partial charge in [-0.1, -0.05) is 30.3 Å². The molecule has 0 spiro atoms. The van der Waals surface area contributed by atoms with Gasteiger partial charge in [0.1, 0.15) is 12.4 Å². The van der Waals surface area contributed by atoms with Gasteiger partial charge in [-0.2, -0.15) is 0 Å². The van der Waals surface area contributed by atoms with Crippen molar-refractivity contribution in [2.75, 3.05) is 14.2 Å². The molecule has 0 aromatic heterocycles. The fourth-order valence-corrected chi connectivity index (χ4v) is 2.22. The summed E-state index contributed by atoms with van der Waals surface area (Å²) in [6, 6.07) is 9.07. The minimum Gasteiger partial charge on any atom is -0.495 e. The molecule has 0 fully saturated rings. The lowest BCUT2D eigenvalue weighted by atomic mass is 9.86. The minimum atomic E-state index is -2.07. The molecule has 20 heavy (non-hydrogen) atoms. The van der Waals surface area contributed by atoms with Crippen LogP contribution < -0.4 is 0 Å².